The van der Waals surface area contributed by atoms with Crippen LogP contribution in [0.1, 0.15) is 17.5 Å². The monoisotopic (exact) mass is 282 g/mol. The van der Waals surface area contributed by atoms with Crippen LogP contribution < -0.4 is 4.74 Å². The zero-order chi connectivity index (χ0) is 14.8. The molecule has 0 heterocycles. The van der Waals surface area contributed by atoms with E-state index in [-0.39, 0.29) is 13.4 Å². The molecule has 3 heteroatoms. The number of aliphatic hydroxyl groups excluding tert-OH is 1. The lowest BCUT2D eigenvalue weighted by atomic mass is 10.2. The Hall–Kier alpha value is -2.28. The van der Waals surface area contributed by atoms with Crippen molar-refractivity contribution < 1.29 is 14.6 Å². The summed E-state index contributed by atoms with van der Waals surface area (Å²) in [5.74, 6) is 6.59. The number of aliphatic hydroxyl groups is 1. The third-order valence-electron chi connectivity index (χ3n) is 2.74. The summed E-state index contributed by atoms with van der Waals surface area (Å²) < 4.78 is 11.0. The molecule has 0 aliphatic heterocycles. The normalized spacial score (nSPS) is 9.76. The van der Waals surface area contributed by atoms with Gasteiger partial charge in [-0.05, 0) is 29.8 Å². The predicted octanol–water partition coefficient (Wildman–Crippen LogP) is 2.97. The van der Waals surface area contributed by atoms with Gasteiger partial charge in [-0.25, -0.2) is 0 Å². The number of hydrogen-bond acceptors (Lipinski definition) is 3. The Morgan fingerprint density at radius 2 is 1.71 bits per heavy atom. The highest BCUT2D eigenvalue weighted by Crippen LogP contribution is 2.12. The zero-order valence-electron chi connectivity index (χ0n) is 11.8. The molecular formula is C18H18O3. The summed E-state index contributed by atoms with van der Waals surface area (Å²) in [6.07, 6.45) is 0.492. The van der Waals surface area contributed by atoms with Crippen molar-refractivity contribution in [3.8, 4) is 17.6 Å². The van der Waals surface area contributed by atoms with Gasteiger partial charge >= 0.3 is 0 Å². The third kappa shape index (κ3) is 5.70. The maximum Gasteiger partial charge on any atom is 0.189 e. The van der Waals surface area contributed by atoms with E-state index in [4.69, 9.17) is 14.6 Å². The van der Waals surface area contributed by atoms with E-state index in [1.165, 1.54) is 0 Å². The number of benzene rings is 2. The molecule has 21 heavy (non-hydrogen) atoms. The lowest BCUT2D eigenvalue weighted by Crippen LogP contribution is -2.02. The molecule has 1 N–H and O–H groups in total. The molecule has 108 valence electrons. The van der Waals surface area contributed by atoms with Gasteiger partial charge in [-0.3, -0.25) is 0 Å². The van der Waals surface area contributed by atoms with Crippen LogP contribution in [0.2, 0.25) is 0 Å². The van der Waals surface area contributed by atoms with Gasteiger partial charge in [0.2, 0.25) is 0 Å². The van der Waals surface area contributed by atoms with Crippen molar-refractivity contribution in [1.82, 2.24) is 0 Å². The molecule has 0 fully saturated rings. The van der Waals surface area contributed by atoms with E-state index in [0.717, 1.165) is 16.9 Å². The van der Waals surface area contributed by atoms with E-state index >= 15 is 0 Å². The van der Waals surface area contributed by atoms with Crippen molar-refractivity contribution >= 4 is 0 Å². The molecular weight excluding hydrogens is 264 g/mol. The number of rotatable bonds is 6. The maximum atomic E-state index is 8.65. The van der Waals surface area contributed by atoms with Gasteiger partial charge in [0.15, 0.2) is 6.79 Å². The van der Waals surface area contributed by atoms with Crippen molar-refractivity contribution in [2.75, 3.05) is 13.4 Å². The second-order valence-electron chi connectivity index (χ2n) is 4.40. The summed E-state index contributed by atoms with van der Waals surface area (Å²) >= 11 is 0. The zero-order valence-corrected chi connectivity index (χ0v) is 11.8. The van der Waals surface area contributed by atoms with Gasteiger partial charge < -0.3 is 14.6 Å². The molecule has 3 nitrogen and oxygen atoms in total. The molecule has 0 radical (unpaired) electrons. The van der Waals surface area contributed by atoms with Crippen LogP contribution in [-0.2, 0) is 11.3 Å². The van der Waals surface area contributed by atoms with E-state index in [9.17, 15) is 0 Å². The average molecular weight is 282 g/mol. The van der Waals surface area contributed by atoms with Gasteiger partial charge in [0.05, 0.1) is 13.2 Å². The SMILES string of the molecule is OCCC#Cc1ccc(OCOCc2ccccc2)cc1. The first-order valence-corrected chi connectivity index (χ1v) is 6.83. The molecule has 2 aromatic rings. The van der Waals surface area contributed by atoms with Crippen LogP contribution in [-0.4, -0.2) is 18.5 Å². The highest BCUT2D eigenvalue weighted by Gasteiger charge is 1.95. The molecule has 0 atom stereocenters. The van der Waals surface area contributed by atoms with Crippen molar-refractivity contribution in [2.24, 2.45) is 0 Å². The van der Waals surface area contributed by atoms with Gasteiger partial charge in [0, 0.05) is 12.0 Å². The Bertz CT molecular complexity index is 579. The van der Waals surface area contributed by atoms with Crippen LogP contribution in [0, 0.1) is 11.8 Å². The van der Waals surface area contributed by atoms with Gasteiger partial charge in [0.1, 0.15) is 5.75 Å². The largest absolute Gasteiger partial charge is 0.468 e. The molecule has 0 unspecified atom stereocenters. The van der Waals surface area contributed by atoms with Crippen molar-refractivity contribution in [2.45, 2.75) is 13.0 Å². The Kier molecular flexibility index (Phi) is 6.34. The Labute approximate surface area is 125 Å². The molecule has 0 aromatic heterocycles. The van der Waals surface area contributed by atoms with Crippen LogP contribution in [0.25, 0.3) is 0 Å². The first kappa shape index (κ1) is 15.1. The predicted molar refractivity (Wildman–Crippen MR) is 81.7 cm³/mol. The Balaban J connectivity index is 1.73. The Morgan fingerprint density at radius 1 is 0.952 bits per heavy atom. The summed E-state index contributed by atoms with van der Waals surface area (Å²) in [4.78, 5) is 0. The minimum absolute atomic E-state index is 0.0902. The molecule has 2 aromatic carbocycles. The van der Waals surface area contributed by atoms with E-state index in [0.29, 0.717) is 13.0 Å². The summed E-state index contributed by atoms with van der Waals surface area (Å²) in [5, 5.41) is 8.65. The van der Waals surface area contributed by atoms with E-state index in [1.807, 2.05) is 54.6 Å². The highest BCUT2D eigenvalue weighted by molar-refractivity contribution is 5.38. The van der Waals surface area contributed by atoms with Gasteiger partial charge in [-0.1, -0.05) is 42.2 Å². The van der Waals surface area contributed by atoms with Gasteiger partial charge in [-0.2, -0.15) is 0 Å². The van der Waals surface area contributed by atoms with E-state index in [2.05, 4.69) is 11.8 Å². The standard InChI is InChI=1S/C18H18O3/c19-13-5-4-6-16-9-11-18(12-10-16)21-15-20-14-17-7-2-1-3-8-17/h1-3,7-12,19H,5,13-15H2. The van der Waals surface area contributed by atoms with Crippen LogP contribution >= 0.6 is 0 Å². The van der Waals surface area contributed by atoms with E-state index < -0.39 is 0 Å². The van der Waals surface area contributed by atoms with Crippen LogP contribution in [0.4, 0.5) is 0 Å². The summed E-state index contributed by atoms with van der Waals surface area (Å²) in [6.45, 7) is 0.836. The molecule has 0 saturated heterocycles. The quantitative estimate of drug-likeness (QED) is 0.503. The summed E-state index contributed by atoms with van der Waals surface area (Å²) in [5.41, 5.74) is 2.02. The first-order chi connectivity index (χ1) is 10.4. The maximum absolute atomic E-state index is 8.65. The van der Waals surface area contributed by atoms with Crippen molar-refractivity contribution in [1.29, 1.82) is 0 Å². The van der Waals surface area contributed by atoms with Gasteiger partial charge in [-0.15, -0.1) is 0 Å². The minimum Gasteiger partial charge on any atom is -0.468 e. The van der Waals surface area contributed by atoms with Crippen LogP contribution in [0.5, 0.6) is 5.75 Å². The average Bonchev–Trinajstić information content (AvgIpc) is 2.54. The summed E-state index contributed by atoms with van der Waals surface area (Å²) in [7, 11) is 0. The van der Waals surface area contributed by atoms with Gasteiger partial charge in [0.25, 0.3) is 0 Å². The molecule has 2 rings (SSSR count). The number of hydrogen-bond donors (Lipinski definition) is 1. The second kappa shape index (κ2) is 8.80. The molecule has 0 aliphatic carbocycles. The third-order valence-corrected chi connectivity index (χ3v) is 2.74. The smallest absolute Gasteiger partial charge is 0.189 e. The highest BCUT2D eigenvalue weighted by atomic mass is 16.7. The molecule has 0 amide bonds. The molecule has 0 bridgehead atoms. The number of ether oxygens (including phenoxy) is 2. The lowest BCUT2D eigenvalue weighted by molar-refractivity contribution is 0.00504. The lowest BCUT2D eigenvalue weighted by Gasteiger charge is -2.07. The molecule has 0 spiro atoms. The first-order valence-electron chi connectivity index (χ1n) is 6.83. The Morgan fingerprint density at radius 3 is 2.43 bits per heavy atom. The fourth-order valence-electron chi connectivity index (χ4n) is 1.70. The molecule has 0 saturated carbocycles. The van der Waals surface area contributed by atoms with E-state index in [1.54, 1.807) is 0 Å². The minimum atomic E-state index is 0.0902. The second-order valence-corrected chi connectivity index (χ2v) is 4.40. The topological polar surface area (TPSA) is 38.7 Å². The van der Waals surface area contributed by atoms with Crippen molar-refractivity contribution in [3.05, 3.63) is 65.7 Å². The fourth-order valence-corrected chi connectivity index (χ4v) is 1.70. The summed E-state index contributed by atoms with van der Waals surface area (Å²) in [6, 6.07) is 17.5. The fraction of sp³-hybridized carbons (Fsp3) is 0.222. The molecule has 0 aliphatic rings. The van der Waals surface area contributed by atoms with Crippen LogP contribution in [0.3, 0.4) is 0 Å². The van der Waals surface area contributed by atoms with Crippen molar-refractivity contribution in [3.63, 3.8) is 0 Å². The van der Waals surface area contributed by atoms with Crippen LogP contribution in [0.15, 0.2) is 54.6 Å².